The van der Waals surface area contributed by atoms with Gasteiger partial charge in [-0.05, 0) is 0 Å². The summed E-state index contributed by atoms with van der Waals surface area (Å²) in [7, 11) is 1.32. The van der Waals surface area contributed by atoms with E-state index >= 15 is 0 Å². The molecule has 0 aromatic rings. The second kappa shape index (κ2) is 5.13. The summed E-state index contributed by atoms with van der Waals surface area (Å²) >= 11 is 0. The number of ether oxygens (including phenoxy) is 2. The van der Waals surface area contributed by atoms with Gasteiger partial charge in [-0.3, -0.25) is 0 Å². The van der Waals surface area contributed by atoms with Crippen molar-refractivity contribution in [1.82, 2.24) is 0 Å². The summed E-state index contributed by atoms with van der Waals surface area (Å²) in [5, 5.41) is 0. The molecule has 5 heteroatoms. The predicted octanol–water partition coefficient (Wildman–Crippen LogP) is -0.137. The lowest BCUT2D eigenvalue weighted by Crippen LogP contribution is -2.43. The highest BCUT2D eigenvalue weighted by Gasteiger charge is 2.27. The maximum absolute atomic E-state index is 10.9. The van der Waals surface area contributed by atoms with Crippen molar-refractivity contribution in [2.45, 2.75) is 12.1 Å². The first-order chi connectivity index (χ1) is 5.25. The zero-order chi connectivity index (χ0) is 8.27. The van der Waals surface area contributed by atoms with Gasteiger partial charge in [-0.25, -0.2) is 4.79 Å². The lowest BCUT2D eigenvalue weighted by atomic mass is 10.1. The lowest BCUT2D eigenvalue weighted by Gasteiger charge is -2.21. The first-order valence-corrected chi connectivity index (χ1v) is 3.37. The Morgan fingerprint density at radius 2 is 2.42 bits per heavy atom. The number of nitrogens with two attached hydrogens (primary N) is 1. The van der Waals surface area contributed by atoms with Crippen LogP contribution in [0.25, 0.3) is 0 Å². The molecule has 0 saturated carbocycles. The summed E-state index contributed by atoms with van der Waals surface area (Å²) in [5.74, 6) is -0.415. The van der Waals surface area contributed by atoms with E-state index in [1.165, 1.54) is 7.11 Å². The molecule has 1 rings (SSSR count). The maximum Gasteiger partial charge on any atom is 0.336 e. The number of carbonyl (C=O) groups excluding carboxylic acids is 1. The molecule has 0 bridgehead atoms. The molecule has 12 heavy (non-hydrogen) atoms. The van der Waals surface area contributed by atoms with Gasteiger partial charge in [0.15, 0.2) is 6.10 Å². The first kappa shape index (κ1) is 11.4. The Balaban J connectivity index is 0.00000121. The fraction of sp³-hybridized carbons (Fsp3) is 0.571. The average Bonchev–Trinajstić information content (AvgIpc) is 2.04. The minimum Gasteiger partial charge on any atom is -0.467 e. The van der Waals surface area contributed by atoms with Crippen molar-refractivity contribution in [2.75, 3.05) is 13.7 Å². The average molecular weight is 194 g/mol. The highest BCUT2D eigenvalue weighted by atomic mass is 35.5. The predicted molar refractivity (Wildman–Crippen MR) is 46.1 cm³/mol. The van der Waals surface area contributed by atoms with Crippen LogP contribution < -0.4 is 5.73 Å². The quantitative estimate of drug-likeness (QED) is 0.465. The molecule has 4 nitrogen and oxygen atoms in total. The van der Waals surface area contributed by atoms with Crippen molar-refractivity contribution in [3.05, 3.63) is 12.2 Å². The van der Waals surface area contributed by atoms with Crippen molar-refractivity contribution in [3.8, 4) is 0 Å². The molecule has 0 radical (unpaired) electrons. The van der Waals surface area contributed by atoms with Gasteiger partial charge >= 0.3 is 5.97 Å². The van der Waals surface area contributed by atoms with Crippen LogP contribution in [0.1, 0.15) is 0 Å². The first-order valence-electron chi connectivity index (χ1n) is 3.37. The Labute approximate surface area is 77.1 Å². The molecule has 1 aliphatic rings. The Morgan fingerprint density at radius 3 is 2.92 bits per heavy atom. The Kier molecular flexibility index (Phi) is 4.89. The molecule has 1 heterocycles. The molecule has 1 aliphatic heterocycles. The van der Waals surface area contributed by atoms with E-state index in [0.717, 1.165) is 0 Å². The molecular weight excluding hydrogens is 182 g/mol. The SMILES string of the molecule is COC(=O)[C@H]1OCC=C[C@H]1N.Cl. The fourth-order valence-electron chi connectivity index (χ4n) is 0.925. The van der Waals surface area contributed by atoms with Gasteiger partial charge in [0.05, 0.1) is 19.8 Å². The summed E-state index contributed by atoms with van der Waals surface area (Å²) in [4.78, 5) is 10.9. The van der Waals surface area contributed by atoms with E-state index in [0.29, 0.717) is 6.61 Å². The fourth-order valence-corrected chi connectivity index (χ4v) is 0.925. The van der Waals surface area contributed by atoms with E-state index in [4.69, 9.17) is 10.5 Å². The minimum atomic E-state index is -0.634. The molecule has 2 atom stereocenters. The molecule has 0 amide bonds. The molecule has 2 N–H and O–H groups in total. The van der Waals surface area contributed by atoms with E-state index < -0.39 is 12.1 Å². The molecule has 70 valence electrons. The van der Waals surface area contributed by atoms with E-state index in [1.54, 1.807) is 12.2 Å². The van der Waals surface area contributed by atoms with Gasteiger partial charge in [0, 0.05) is 0 Å². The van der Waals surface area contributed by atoms with E-state index in [9.17, 15) is 4.79 Å². The number of carbonyl (C=O) groups is 1. The molecule has 0 aromatic carbocycles. The summed E-state index contributed by atoms with van der Waals surface area (Å²) in [5.41, 5.74) is 5.54. The molecule has 0 saturated heterocycles. The normalized spacial score (nSPS) is 27.5. The van der Waals surface area contributed by atoms with Crippen LogP contribution in [0.5, 0.6) is 0 Å². The van der Waals surface area contributed by atoms with Crippen LogP contribution in [0.15, 0.2) is 12.2 Å². The van der Waals surface area contributed by atoms with Crippen molar-refractivity contribution < 1.29 is 14.3 Å². The van der Waals surface area contributed by atoms with Crippen LogP contribution in [0, 0.1) is 0 Å². The van der Waals surface area contributed by atoms with Crippen LogP contribution in [0.2, 0.25) is 0 Å². The van der Waals surface area contributed by atoms with Crippen LogP contribution in [-0.2, 0) is 14.3 Å². The zero-order valence-electron chi connectivity index (χ0n) is 6.73. The van der Waals surface area contributed by atoms with Gasteiger partial charge in [0.25, 0.3) is 0 Å². The zero-order valence-corrected chi connectivity index (χ0v) is 7.54. The van der Waals surface area contributed by atoms with Crippen LogP contribution >= 0.6 is 12.4 Å². The minimum absolute atomic E-state index is 0. The van der Waals surface area contributed by atoms with E-state index in [1.807, 2.05) is 0 Å². The van der Waals surface area contributed by atoms with E-state index in [-0.39, 0.29) is 18.4 Å². The Hall–Kier alpha value is -0.580. The topological polar surface area (TPSA) is 61.5 Å². The molecule has 0 spiro atoms. The second-order valence-corrected chi connectivity index (χ2v) is 2.28. The number of methoxy groups -OCH3 is 1. The third kappa shape index (κ3) is 2.48. The monoisotopic (exact) mass is 193 g/mol. The molecule has 0 fully saturated rings. The van der Waals surface area contributed by atoms with Gasteiger partial charge in [-0.2, -0.15) is 0 Å². The van der Waals surface area contributed by atoms with Crippen LogP contribution in [0.4, 0.5) is 0 Å². The second-order valence-electron chi connectivity index (χ2n) is 2.28. The third-order valence-corrected chi connectivity index (χ3v) is 1.51. The summed E-state index contributed by atoms with van der Waals surface area (Å²) in [6.45, 7) is 0.424. The maximum atomic E-state index is 10.9. The highest BCUT2D eigenvalue weighted by molar-refractivity contribution is 5.85. The largest absolute Gasteiger partial charge is 0.467 e. The number of hydrogen-bond donors (Lipinski definition) is 1. The molecular formula is C7H12ClNO3. The number of esters is 1. The van der Waals surface area contributed by atoms with Gasteiger partial charge in [-0.15, -0.1) is 12.4 Å². The molecule has 0 aliphatic carbocycles. The Bertz CT molecular complexity index is 183. The Morgan fingerprint density at radius 1 is 1.75 bits per heavy atom. The smallest absolute Gasteiger partial charge is 0.336 e. The van der Waals surface area contributed by atoms with Gasteiger partial charge < -0.3 is 15.2 Å². The van der Waals surface area contributed by atoms with Crippen LogP contribution in [0.3, 0.4) is 0 Å². The summed E-state index contributed by atoms with van der Waals surface area (Å²) in [6.07, 6.45) is 2.89. The summed E-state index contributed by atoms with van der Waals surface area (Å²) in [6, 6.07) is -0.379. The lowest BCUT2D eigenvalue weighted by molar-refractivity contribution is -0.154. The van der Waals surface area contributed by atoms with E-state index in [2.05, 4.69) is 4.74 Å². The standard InChI is InChI=1S/C7H11NO3.ClH/c1-10-7(9)6-5(8)3-2-4-11-6;/h2-3,5-6H,4,8H2,1H3;1H/t5-,6+;/m1./s1. The van der Waals surface area contributed by atoms with Crippen molar-refractivity contribution in [1.29, 1.82) is 0 Å². The molecule has 0 unspecified atom stereocenters. The van der Waals surface area contributed by atoms with Crippen molar-refractivity contribution in [3.63, 3.8) is 0 Å². The van der Waals surface area contributed by atoms with Gasteiger partial charge in [0.1, 0.15) is 0 Å². The third-order valence-electron chi connectivity index (χ3n) is 1.51. The molecule has 0 aromatic heterocycles. The van der Waals surface area contributed by atoms with Gasteiger partial charge in [-0.1, -0.05) is 12.2 Å². The van der Waals surface area contributed by atoms with Gasteiger partial charge in [0.2, 0.25) is 0 Å². The summed E-state index contributed by atoms with van der Waals surface area (Å²) < 4.78 is 9.54. The van der Waals surface area contributed by atoms with Crippen molar-refractivity contribution in [2.24, 2.45) is 5.73 Å². The number of halogens is 1. The van der Waals surface area contributed by atoms with Crippen LogP contribution in [-0.4, -0.2) is 31.8 Å². The highest BCUT2D eigenvalue weighted by Crippen LogP contribution is 2.06. The number of rotatable bonds is 1. The number of hydrogen-bond acceptors (Lipinski definition) is 4. The van der Waals surface area contributed by atoms with Crippen molar-refractivity contribution >= 4 is 18.4 Å².